The van der Waals surface area contributed by atoms with Gasteiger partial charge in [0.15, 0.2) is 0 Å². The Bertz CT molecular complexity index is 561. The maximum Gasteiger partial charge on any atom is 0.405 e. The highest BCUT2D eigenvalue weighted by molar-refractivity contribution is 5.97. The van der Waals surface area contributed by atoms with Gasteiger partial charge in [0.2, 0.25) is 11.8 Å². The minimum Gasteiger partial charge on any atom is -0.481 e. The van der Waals surface area contributed by atoms with Gasteiger partial charge < -0.3 is 15.7 Å². The minimum atomic E-state index is -4.56. The first-order valence-electron chi connectivity index (χ1n) is 6.57. The lowest BCUT2D eigenvalue weighted by atomic mass is 9.99. The van der Waals surface area contributed by atoms with E-state index >= 15 is 0 Å². The quantitative estimate of drug-likeness (QED) is 0.650. The van der Waals surface area contributed by atoms with E-state index in [1.165, 1.54) is 0 Å². The lowest BCUT2D eigenvalue weighted by Crippen LogP contribution is -2.38. The molecule has 1 unspecified atom stereocenters. The van der Waals surface area contributed by atoms with Crippen LogP contribution in [0.2, 0.25) is 0 Å². The largest absolute Gasteiger partial charge is 0.481 e. The van der Waals surface area contributed by atoms with Gasteiger partial charge in [-0.2, -0.15) is 13.2 Å². The Kier molecular flexibility index (Phi) is 6.55. The highest BCUT2D eigenvalue weighted by atomic mass is 19.4. The van der Waals surface area contributed by atoms with E-state index in [2.05, 4.69) is 5.32 Å². The van der Waals surface area contributed by atoms with Crippen molar-refractivity contribution in [1.29, 1.82) is 0 Å². The molecule has 1 aromatic rings. The summed E-state index contributed by atoms with van der Waals surface area (Å²) in [6, 6.07) is 8.11. The number of rotatable bonds is 7. The van der Waals surface area contributed by atoms with Crippen LogP contribution >= 0.6 is 0 Å². The van der Waals surface area contributed by atoms with E-state index in [9.17, 15) is 27.6 Å². The molecule has 1 rings (SSSR count). The maximum absolute atomic E-state index is 11.9. The van der Waals surface area contributed by atoms with Crippen molar-refractivity contribution in [2.45, 2.75) is 18.5 Å². The predicted octanol–water partition coefficient (Wildman–Crippen LogP) is 1.04. The average Bonchev–Trinajstić information content (AvgIpc) is 2.45. The second-order valence-corrected chi connectivity index (χ2v) is 4.67. The van der Waals surface area contributed by atoms with Gasteiger partial charge in [0.25, 0.3) is 0 Å². The molecule has 0 aliphatic rings. The Labute approximate surface area is 129 Å². The van der Waals surface area contributed by atoms with Gasteiger partial charge in [0.05, 0.1) is 5.92 Å². The summed E-state index contributed by atoms with van der Waals surface area (Å²) in [7, 11) is 0. The zero-order chi connectivity index (χ0) is 17.5. The second-order valence-electron chi connectivity index (χ2n) is 4.67. The summed E-state index contributed by atoms with van der Waals surface area (Å²) in [6.45, 7) is -1.80. The van der Waals surface area contributed by atoms with Crippen LogP contribution < -0.4 is 10.6 Å². The summed E-state index contributed by atoms with van der Waals surface area (Å²) in [6.07, 6.45) is -5.37. The van der Waals surface area contributed by atoms with Gasteiger partial charge in [0.1, 0.15) is 13.0 Å². The van der Waals surface area contributed by atoms with E-state index < -0.39 is 42.8 Å². The number of halogens is 3. The van der Waals surface area contributed by atoms with Crippen LogP contribution in [0, 0.1) is 0 Å². The van der Waals surface area contributed by atoms with Crippen molar-refractivity contribution in [3.8, 4) is 0 Å². The molecule has 126 valence electrons. The number of hydrogen-bond donors (Lipinski definition) is 3. The average molecular weight is 332 g/mol. The fourth-order valence-electron chi connectivity index (χ4n) is 1.72. The number of hydrogen-bond acceptors (Lipinski definition) is 3. The molecule has 0 fully saturated rings. The summed E-state index contributed by atoms with van der Waals surface area (Å²) in [5, 5.41) is 12.9. The summed E-state index contributed by atoms with van der Waals surface area (Å²) < 4.78 is 35.7. The van der Waals surface area contributed by atoms with Crippen LogP contribution in [0.1, 0.15) is 17.9 Å². The summed E-state index contributed by atoms with van der Waals surface area (Å²) in [5.74, 6) is -4.13. The van der Waals surface area contributed by atoms with Crippen LogP contribution in [0.15, 0.2) is 30.3 Å². The van der Waals surface area contributed by atoms with E-state index in [1.54, 1.807) is 35.6 Å². The van der Waals surface area contributed by atoms with Crippen LogP contribution in [-0.2, 0) is 14.4 Å². The molecule has 0 bridgehead atoms. The summed E-state index contributed by atoms with van der Waals surface area (Å²) in [4.78, 5) is 33.8. The molecule has 0 aliphatic carbocycles. The topological polar surface area (TPSA) is 95.5 Å². The SMILES string of the molecule is O=C(CC(=O)NCC(F)(F)F)NCC(C(=O)O)c1ccccc1. The lowest BCUT2D eigenvalue weighted by molar-refractivity contribution is -0.141. The Hall–Kier alpha value is -2.58. The molecule has 0 aliphatic heterocycles. The van der Waals surface area contributed by atoms with Gasteiger partial charge in [-0.1, -0.05) is 30.3 Å². The van der Waals surface area contributed by atoms with Gasteiger partial charge in [0, 0.05) is 6.54 Å². The van der Waals surface area contributed by atoms with Crippen LogP contribution in [0.5, 0.6) is 0 Å². The Morgan fingerprint density at radius 1 is 1.04 bits per heavy atom. The number of aliphatic carboxylic acids is 1. The summed E-state index contributed by atoms with van der Waals surface area (Å²) in [5.41, 5.74) is 0.460. The Morgan fingerprint density at radius 3 is 2.13 bits per heavy atom. The highest BCUT2D eigenvalue weighted by Crippen LogP contribution is 2.15. The van der Waals surface area contributed by atoms with Gasteiger partial charge in [-0.05, 0) is 5.56 Å². The number of carbonyl (C=O) groups excluding carboxylic acids is 2. The first kappa shape index (κ1) is 18.5. The van der Waals surface area contributed by atoms with E-state index in [-0.39, 0.29) is 6.54 Å². The molecule has 0 saturated carbocycles. The molecule has 2 amide bonds. The Balaban J connectivity index is 2.47. The molecule has 0 saturated heterocycles. The number of carbonyl (C=O) groups is 3. The van der Waals surface area contributed by atoms with E-state index in [0.717, 1.165) is 0 Å². The molecular weight excluding hydrogens is 317 g/mol. The third kappa shape index (κ3) is 7.30. The smallest absolute Gasteiger partial charge is 0.405 e. The fraction of sp³-hybridized carbons (Fsp3) is 0.357. The van der Waals surface area contributed by atoms with E-state index in [4.69, 9.17) is 5.11 Å². The number of nitrogens with one attached hydrogen (secondary N) is 2. The molecule has 0 aromatic heterocycles. The van der Waals surface area contributed by atoms with E-state index in [0.29, 0.717) is 5.56 Å². The first-order valence-corrected chi connectivity index (χ1v) is 6.57. The van der Waals surface area contributed by atoms with Crippen LogP contribution in [0.25, 0.3) is 0 Å². The van der Waals surface area contributed by atoms with Gasteiger partial charge in [-0.3, -0.25) is 14.4 Å². The number of amides is 2. The molecule has 1 aromatic carbocycles. The number of carboxylic acid groups (broad SMARTS) is 1. The zero-order valence-electron chi connectivity index (χ0n) is 11.9. The number of benzene rings is 1. The van der Waals surface area contributed by atoms with E-state index in [1.807, 2.05) is 0 Å². The Morgan fingerprint density at radius 2 is 1.61 bits per heavy atom. The van der Waals surface area contributed by atoms with Gasteiger partial charge >= 0.3 is 12.1 Å². The van der Waals surface area contributed by atoms with Crippen molar-refractivity contribution in [2.24, 2.45) is 0 Å². The van der Waals surface area contributed by atoms with Crippen molar-refractivity contribution < 1.29 is 32.7 Å². The van der Waals surface area contributed by atoms with Gasteiger partial charge in [-0.25, -0.2) is 0 Å². The molecule has 1 atom stereocenters. The van der Waals surface area contributed by atoms with Crippen molar-refractivity contribution >= 4 is 17.8 Å². The zero-order valence-corrected chi connectivity index (χ0v) is 11.9. The maximum atomic E-state index is 11.9. The van der Waals surface area contributed by atoms with Crippen LogP contribution in [0.4, 0.5) is 13.2 Å². The standard InChI is InChI=1S/C14H15F3N2O4/c15-14(16,17)8-19-12(21)6-11(20)18-7-10(13(22)23)9-4-2-1-3-5-9/h1-5,10H,6-8H2,(H,18,20)(H,19,21)(H,22,23). The van der Waals surface area contributed by atoms with Crippen LogP contribution in [-0.4, -0.2) is 42.2 Å². The molecule has 0 heterocycles. The molecular formula is C14H15F3N2O4. The molecule has 6 nitrogen and oxygen atoms in total. The highest BCUT2D eigenvalue weighted by Gasteiger charge is 2.28. The number of alkyl halides is 3. The monoisotopic (exact) mass is 332 g/mol. The molecule has 23 heavy (non-hydrogen) atoms. The third-order valence-electron chi connectivity index (χ3n) is 2.81. The second kappa shape index (κ2) is 8.16. The van der Waals surface area contributed by atoms with Crippen LogP contribution in [0.3, 0.4) is 0 Å². The van der Waals surface area contributed by atoms with Gasteiger partial charge in [-0.15, -0.1) is 0 Å². The first-order chi connectivity index (χ1) is 10.7. The molecule has 0 spiro atoms. The van der Waals surface area contributed by atoms with Crippen molar-refractivity contribution in [2.75, 3.05) is 13.1 Å². The third-order valence-corrected chi connectivity index (χ3v) is 2.81. The molecule has 9 heteroatoms. The predicted molar refractivity (Wildman–Crippen MR) is 73.5 cm³/mol. The van der Waals surface area contributed by atoms with Crippen molar-refractivity contribution in [1.82, 2.24) is 10.6 Å². The minimum absolute atomic E-state index is 0.273. The fourth-order valence-corrected chi connectivity index (χ4v) is 1.72. The molecule has 0 radical (unpaired) electrons. The van der Waals surface area contributed by atoms with Crippen molar-refractivity contribution in [3.05, 3.63) is 35.9 Å². The lowest BCUT2D eigenvalue weighted by Gasteiger charge is -2.14. The summed E-state index contributed by atoms with van der Waals surface area (Å²) >= 11 is 0. The molecule has 3 N–H and O–H groups in total. The number of carboxylic acids is 1. The van der Waals surface area contributed by atoms with Crippen molar-refractivity contribution in [3.63, 3.8) is 0 Å². The normalized spacial score (nSPS) is 12.3.